The van der Waals surface area contributed by atoms with Crippen molar-refractivity contribution in [2.75, 3.05) is 6.54 Å². The number of rotatable bonds is 5. The third kappa shape index (κ3) is 3.42. The van der Waals surface area contributed by atoms with E-state index >= 15 is 0 Å². The monoisotopic (exact) mass is 375 g/mol. The summed E-state index contributed by atoms with van der Waals surface area (Å²) in [7, 11) is 0. The van der Waals surface area contributed by atoms with Gasteiger partial charge in [-0.25, -0.2) is 4.39 Å². The standard InChI is InChI=1S/C15H16BrClFNS/c1-3-7-19-14(12-8-9(2)15(16)20-12)10-5-4-6-11(17)13(10)18/h4-6,8,14,19H,3,7H2,1-2H3. The summed E-state index contributed by atoms with van der Waals surface area (Å²) < 4.78 is 15.4. The van der Waals surface area contributed by atoms with Gasteiger partial charge in [-0.1, -0.05) is 30.7 Å². The van der Waals surface area contributed by atoms with Crippen molar-refractivity contribution >= 4 is 38.9 Å². The van der Waals surface area contributed by atoms with E-state index in [0.717, 1.165) is 27.2 Å². The fourth-order valence-electron chi connectivity index (χ4n) is 2.02. The Balaban J connectivity index is 2.44. The molecule has 2 rings (SSSR count). The largest absolute Gasteiger partial charge is 0.306 e. The lowest BCUT2D eigenvalue weighted by molar-refractivity contribution is 0.551. The molecule has 1 atom stereocenters. The minimum absolute atomic E-state index is 0.163. The second kappa shape index (κ2) is 7.03. The summed E-state index contributed by atoms with van der Waals surface area (Å²) in [6.07, 6.45) is 0.990. The van der Waals surface area contributed by atoms with Crippen LogP contribution in [0.15, 0.2) is 28.1 Å². The first-order valence-electron chi connectivity index (χ1n) is 6.47. The number of thiophene rings is 1. The van der Waals surface area contributed by atoms with Crippen LogP contribution in [0.5, 0.6) is 0 Å². The minimum Gasteiger partial charge on any atom is -0.306 e. The Bertz CT molecular complexity index is 580. The third-order valence-electron chi connectivity index (χ3n) is 3.05. The fraction of sp³-hybridized carbons (Fsp3) is 0.333. The first-order chi connectivity index (χ1) is 9.54. The average molecular weight is 377 g/mol. The smallest absolute Gasteiger partial charge is 0.146 e. The molecular formula is C15H16BrClFNS. The highest BCUT2D eigenvalue weighted by atomic mass is 79.9. The lowest BCUT2D eigenvalue weighted by Crippen LogP contribution is -2.23. The molecule has 5 heteroatoms. The lowest BCUT2D eigenvalue weighted by atomic mass is 10.0. The second-order valence-electron chi connectivity index (χ2n) is 4.64. The van der Waals surface area contributed by atoms with Gasteiger partial charge in [0.05, 0.1) is 14.9 Å². The van der Waals surface area contributed by atoms with Crippen LogP contribution >= 0.6 is 38.9 Å². The van der Waals surface area contributed by atoms with Crippen LogP contribution in [0.25, 0.3) is 0 Å². The van der Waals surface area contributed by atoms with E-state index in [0.29, 0.717) is 5.56 Å². The molecule has 108 valence electrons. The Kier molecular flexibility index (Phi) is 5.61. The summed E-state index contributed by atoms with van der Waals surface area (Å²) in [6.45, 7) is 4.95. The molecule has 1 N–H and O–H groups in total. The van der Waals surface area contributed by atoms with Crippen molar-refractivity contribution in [3.63, 3.8) is 0 Å². The van der Waals surface area contributed by atoms with Gasteiger partial charge in [-0.05, 0) is 53.5 Å². The molecule has 0 aliphatic rings. The molecule has 1 nitrogen and oxygen atoms in total. The first-order valence-corrected chi connectivity index (χ1v) is 8.46. The van der Waals surface area contributed by atoms with Crippen LogP contribution in [0, 0.1) is 12.7 Å². The Morgan fingerprint density at radius 3 is 2.80 bits per heavy atom. The molecule has 0 aliphatic heterocycles. The molecule has 0 bridgehead atoms. The topological polar surface area (TPSA) is 12.0 Å². The summed E-state index contributed by atoms with van der Waals surface area (Å²) >= 11 is 11.1. The van der Waals surface area contributed by atoms with E-state index in [2.05, 4.69) is 34.2 Å². The molecule has 1 heterocycles. The molecule has 0 fully saturated rings. The van der Waals surface area contributed by atoms with E-state index < -0.39 is 0 Å². The second-order valence-corrected chi connectivity index (χ2v) is 7.44. The maximum Gasteiger partial charge on any atom is 0.146 e. The van der Waals surface area contributed by atoms with E-state index in [4.69, 9.17) is 11.6 Å². The van der Waals surface area contributed by atoms with Gasteiger partial charge in [-0.3, -0.25) is 0 Å². The van der Waals surface area contributed by atoms with Crippen LogP contribution in [0.2, 0.25) is 5.02 Å². The number of hydrogen-bond acceptors (Lipinski definition) is 2. The maximum atomic E-state index is 14.3. The SMILES string of the molecule is CCCNC(c1cc(C)c(Br)s1)c1cccc(Cl)c1F. The highest BCUT2D eigenvalue weighted by Crippen LogP contribution is 2.36. The van der Waals surface area contributed by atoms with Crippen molar-refractivity contribution in [3.05, 3.63) is 54.9 Å². The van der Waals surface area contributed by atoms with Crippen molar-refractivity contribution in [1.29, 1.82) is 0 Å². The number of hydrogen-bond donors (Lipinski definition) is 1. The molecule has 0 aliphatic carbocycles. The normalized spacial score (nSPS) is 12.7. The van der Waals surface area contributed by atoms with Crippen LogP contribution in [0.4, 0.5) is 4.39 Å². The lowest BCUT2D eigenvalue weighted by Gasteiger charge is -2.18. The molecule has 20 heavy (non-hydrogen) atoms. The Morgan fingerprint density at radius 2 is 2.20 bits per heavy atom. The van der Waals surface area contributed by atoms with Gasteiger partial charge in [0.25, 0.3) is 0 Å². The molecule has 0 saturated heterocycles. The zero-order chi connectivity index (χ0) is 14.7. The summed E-state index contributed by atoms with van der Waals surface area (Å²) in [6, 6.07) is 7.08. The van der Waals surface area contributed by atoms with Gasteiger partial charge in [-0.15, -0.1) is 11.3 Å². The van der Waals surface area contributed by atoms with Crippen molar-refractivity contribution in [3.8, 4) is 0 Å². The van der Waals surface area contributed by atoms with E-state index in [-0.39, 0.29) is 16.9 Å². The summed E-state index contributed by atoms with van der Waals surface area (Å²) in [5.74, 6) is -0.343. The summed E-state index contributed by atoms with van der Waals surface area (Å²) in [5.41, 5.74) is 1.76. The van der Waals surface area contributed by atoms with Crippen molar-refractivity contribution in [2.45, 2.75) is 26.3 Å². The molecule has 0 saturated carbocycles. The van der Waals surface area contributed by atoms with Gasteiger partial charge in [0.2, 0.25) is 0 Å². The highest BCUT2D eigenvalue weighted by molar-refractivity contribution is 9.11. The van der Waals surface area contributed by atoms with Crippen LogP contribution in [-0.4, -0.2) is 6.54 Å². The van der Waals surface area contributed by atoms with E-state index in [1.165, 1.54) is 0 Å². The van der Waals surface area contributed by atoms with Crippen LogP contribution in [0.1, 0.15) is 35.4 Å². The minimum atomic E-state index is -0.343. The molecule has 1 aromatic carbocycles. The predicted molar refractivity (Wildman–Crippen MR) is 88.3 cm³/mol. The van der Waals surface area contributed by atoms with E-state index in [1.54, 1.807) is 29.5 Å². The van der Waals surface area contributed by atoms with Gasteiger partial charge in [-0.2, -0.15) is 0 Å². The first kappa shape index (κ1) is 16.0. The molecule has 1 unspecified atom stereocenters. The van der Waals surface area contributed by atoms with E-state index in [1.807, 2.05) is 6.92 Å². The zero-order valence-corrected chi connectivity index (χ0v) is 14.5. The summed E-state index contributed by atoms with van der Waals surface area (Å²) in [5, 5.41) is 3.57. The van der Waals surface area contributed by atoms with Crippen LogP contribution in [-0.2, 0) is 0 Å². The number of aryl methyl sites for hydroxylation is 1. The molecule has 2 aromatic rings. The van der Waals surface area contributed by atoms with Crippen LogP contribution in [0.3, 0.4) is 0 Å². The number of halogens is 3. The summed E-state index contributed by atoms with van der Waals surface area (Å²) in [4.78, 5) is 1.09. The van der Waals surface area contributed by atoms with Crippen molar-refractivity contribution < 1.29 is 4.39 Å². The number of benzene rings is 1. The van der Waals surface area contributed by atoms with Gasteiger partial charge in [0.15, 0.2) is 0 Å². The van der Waals surface area contributed by atoms with E-state index in [9.17, 15) is 4.39 Å². The van der Waals surface area contributed by atoms with Gasteiger partial charge < -0.3 is 5.32 Å². The van der Waals surface area contributed by atoms with Crippen molar-refractivity contribution in [2.24, 2.45) is 0 Å². The highest BCUT2D eigenvalue weighted by Gasteiger charge is 2.21. The molecule has 0 amide bonds. The molecule has 0 radical (unpaired) electrons. The van der Waals surface area contributed by atoms with Crippen LogP contribution < -0.4 is 5.32 Å². The predicted octanol–water partition coefficient (Wildman–Crippen LogP) is 5.70. The average Bonchev–Trinajstić information content (AvgIpc) is 2.74. The fourth-order valence-corrected chi connectivity index (χ4v) is 3.87. The Morgan fingerprint density at radius 1 is 1.45 bits per heavy atom. The Hall–Kier alpha value is -0.420. The maximum absolute atomic E-state index is 14.3. The molecule has 0 spiro atoms. The zero-order valence-electron chi connectivity index (χ0n) is 11.3. The molecule has 1 aromatic heterocycles. The molecular weight excluding hydrogens is 361 g/mol. The third-order valence-corrected chi connectivity index (χ3v) is 5.55. The number of nitrogens with one attached hydrogen (secondary N) is 1. The van der Waals surface area contributed by atoms with Gasteiger partial charge >= 0.3 is 0 Å². The van der Waals surface area contributed by atoms with Gasteiger partial charge in [0, 0.05) is 10.4 Å². The Labute approximate surface area is 136 Å². The van der Waals surface area contributed by atoms with Crippen molar-refractivity contribution in [1.82, 2.24) is 5.32 Å². The van der Waals surface area contributed by atoms with Gasteiger partial charge in [0.1, 0.15) is 5.82 Å². The quantitative estimate of drug-likeness (QED) is 0.705.